The predicted octanol–water partition coefficient (Wildman–Crippen LogP) is 4.47. The molecule has 3 nitrogen and oxygen atoms in total. The third-order valence-electron chi connectivity index (χ3n) is 3.24. The lowest BCUT2D eigenvalue weighted by Crippen LogP contribution is -2.15. The summed E-state index contributed by atoms with van der Waals surface area (Å²) >= 11 is 0. The van der Waals surface area contributed by atoms with Gasteiger partial charge in [0, 0.05) is 11.3 Å². The number of nitrogens with one attached hydrogen (secondary N) is 1. The van der Waals surface area contributed by atoms with Crippen molar-refractivity contribution in [2.24, 2.45) is 0 Å². The summed E-state index contributed by atoms with van der Waals surface area (Å²) in [5.41, 5.74) is 4.03. The molecule has 0 fully saturated rings. The molecule has 0 heterocycles. The van der Waals surface area contributed by atoms with Crippen molar-refractivity contribution >= 4 is 11.6 Å². The van der Waals surface area contributed by atoms with Gasteiger partial charge in [-0.05, 0) is 56.2 Å². The summed E-state index contributed by atoms with van der Waals surface area (Å²) in [6, 6.07) is 9.71. The molecule has 1 amide bonds. The molecule has 2 aromatic carbocycles. The number of hydrogen-bond donors (Lipinski definition) is 1. The average Bonchev–Trinajstić information content (AvgIpc) is 2.39. The van der Waals surface area contributed by atoms with Gasteiger partial charge in [-0.2, -0.15) is 8.78 Å². The molecule has 22 heavy (non-hydrogen) atoms. The second kappa shape index (κ2) is 6.56. The third kappa shape index (κ3) is 3.81. The van der Waals surface area contributed by atoms with E-state index < -0.39 is 6.61 Å². The number of aryl methyl sites for hydroxylation is 3. The number of carbonyl (C=O) groups excluding carboxylic acids is 1. The summed E-state index contributed by atoms with van der Waals surface area (Å²) in [7, 11) is 0. The number of alkyl halides is 2. The number of carbonyl (C=O) groups is 1. The molecule has 0 saturated carbocycles. The van der Waals surface area contributed by atoms with E-state index in [0.717, 1.165) is 16.7 Å². The van der Waals surface area contributed by atoms with Crippen LogP contribution in [0.1, 0.15) is 27.0 Å². The standard InChI is InChI=1S/C17H17F2NO2/c1-10-8-11(2)15(12(3)9-10)16(21)20-13-4-6-14(7-5-13)22-17(18)19/h4-9,17H,1-3H3,(H,20,21). The molecular formula is C17H17F2NO2. The number of hydrogen-bond acceptors (Lipinski definition) is 2. The maximum Gasteiger partial charge on any atom is 0.387 e. The number of halogens is 2. The van der Waals surface area contributed by atoms with Gasteiger partial charge < -0.3 is 10.1 Å². The molecule has 0 aromatic heterocycles. The van der Waals surface area contributed by atoms with E-state index in [9.17, 15) is 13.6 Å². The highest BCUT2D eigenvalue weighted by molar-refractivity contribution is 6.06. The predicted molar refractivity (Wildman–Crippen MR) is 81.7 cm³/mol. The lowest BCUT2D eigenvalue weighted by Gasteiger charge is -2.12. The number of anilines is 1. The van der Waals surface area contributed by atoms with E-state index >= 15 is 0 Å². The molecule has 0 saturated heterocycles. The average molecular weight is 305 g/mol. The molecule has 1 N–H and O–H groups in total. The molecule has 5 heteroatoms. The highest BCUT2D eigenvalue weighted by atomic mass is 19.3. The minimum atomic E-state index is -2.86. The van der Waals surface area contributed by atoms with Crippen molar-refractivity contribution in [2.75, 3.05) is 5.32 Å². The number of ether oxygens (including phenoxy) is 1. The van der Waals surface area contributed by atoms with Crippen molar-refractivity contribution in [1.82, 2.24) is 0 Å². The topological polar surface area (TPSA) is 38.3 Å². The molecule has 0 atom stereocenters. The molecule has 0 aliphatic heterocycles. The van der Waals surface area contributed by atoms with Crippen LogP contribution in [0.5, 0.6) is 5.75 Å². The summed E-state index contributed by atoms with van der Waals surface area (Å²) in [6.07, 6.45) is 0. The summed E-state index contributed by atoms with van der Waals surface area (Å²) in [6.45, 7) is 2.88. The molecule has 0 aliphatic rings. The quantitative estimate of drug-likeness (QED) is 0.905. The van der Waals surface area contributed by atoms with E-state index in [1.54, 1.807) is 0 Å². The Bertz CT molecular complexity index is 659. The molecule has 0 spiro atoms. The fourth-order valence-corrected chi connectivity index (χ4v) is 2.45. The van der Waals surface area contributed by atoms with Gasteiger partial charge in [-0.1, -0.05) is 17.7 Å². The van der Waals surface area contributed by atoms with Crippen molar-refractivity contribution in [3.8, 4) is 5.75 Å². The Balaban J connectivity index is 2.15. The van der Waals surface area contributed by atoms with Crippen molar-refractivity contribution in [2.45, 2.75) is 27.4 Å². The van der Waals surface area contributed by atoms with Gasteiger partial charge in [0.15, 0.2) is 0 Å². The Morgan fingerprint density at radius 1 is 1.05 bits per heavy atom. The van der Waals surface area contributed by atoms with Crippen molar-refractivity contribution in [3.05, 3.63) is 58.7 Å². The summed E-state index contributed by atoms with van der Waals surface area (Å²) in [5, 5.41) is 2.76. The summed E-state index contributed by atoms with van der Waals surface area (Å²) in [4.78, 5) is 12.4. The monoisotopic (exact) mass is 305 g/mol. The zero-order chi connectivity index (χ0) is 16.3. The second-order valence-electron chi connectivity index (χ2n) is 5.13. The summed E-state index contributed by atoms with van der Waals surface area (Å²) in [5.74, 6) is -0.173. The fraction of sp³-hybridized carbons (Fsp3) is 0.235. The van der Waals surface area contributed by atoms with Crippen molar-refractivity contribution < 1.29 is 18.3 Å². The molecule has 0 radical (unpaired) electrons. The smallest absolute Gasteiger partial charge is 0.387 e. The van der Waals surface area contributed by atoms with Crippen LogP contribution in [-0.2, 0) is 0 Å². The third-order valence-corrected chi connectivity index (χ3v) is 3.24. The normalized spacial score (nSPS) is 10.6. The second-order valence-corrected chi connectivity index (χ2v) is 5.13. The van der Waals surface area contributed by atoms with Crippen LogP contribution >= 0.6 is 0 Å². The van der Waals surface area contributed by atoms with Gasteiger partial charge >= 0.3 is 6.61 Å². The van der Waals surface area contributed by atoms with Crippen LogP contribution in [0.3, 0.4) is 0 Å². The Hall–Kier alpha value is -2.43. The van der Waals surface area contributed by atoms with Crippen molar-refractivity contribution in [3.63, 3.8) is 0 Å². The Morgan fingerprint density at radius 2 is 1.59 bits per heavy atom. The molecule has 2 rings (SSSR count). The van der Waals surface area contributed by atoms with Gasteiger partial charge in [0.25, 0.3) is 5.91 Å². The zero-order valence-electron chi connectivity index (χ0n) is 12.6. The van der Waals surface area contributed by atoms with Crippen LogP contribution in [-0.4, -0.2) is 12.5 Å². The van der Waals surface area contributed by atoms with Crippen LogP contribution in [0.25, 0.3) is 0 Å². The van der Waals surface area contributed by atoms with E-state index in [2.05, 4.69) is 10.1 Å². The van der Waals surface area contributed by atoms with Gasteiger partial charge in [0.05, 0.1) is 0 Å². The zero-order valence-corrected chi connectivity index (χ0v) is 12.6. The number of amides is 1. The minimum Gasteiger partial charge on any atom is -0.435 e. The van der Waals surface area contributed by atoms with E-state index in [1.807, 2.05) is 32.9 Å². The molecule has 116 valence electrons. The van der Waals surface area contributed by atoms with Crippen LogP contribution in [0.4, 0.5) is 14.5 Å². The molecular weight excluding hydrogens is 288 g/mol. The lowest BCUT2D eigenvalue weighted by molar-refractivity contribution is -0.0498. The largest absolute Gasteiger partial charge is 0.435 e. The Labute approximate surface area is 127 Å². The SMILES string of the molecule is Cc1cc(C)c(C(=O)Nc2ccc(OC(F)F)cc2)c(C)c1. The van der Waals surface area contributed by atoms with E-state index in [-0.39, 0.29) is 11.7 Å². The van der Waals surface area contributed by atoms with Gasteiger partial charge in [-0.3, -0.25) is 4.79 Å². The van der Waals surface area contributed by atoms with Crippen LogP contribution in [0, 0.1) is 20.8 Å². The fourth-order valence-electron chi connectivity index (χ4n) is 2.45. The number of rotatable bonds is 4. The van der Waals surface area contributed by atoms with E-state index in [4.69, 9.17) is 0 Å². The molecule has 0 unspecified atom stereocenters. The van der Waals surface area contributed by atoms with Crippen LogP contribution in [0.15, 0.2) is 36.4 Å². The highest BCUT2D eigenvalue weighted by Gasteiger charge is 2.13. The maximum atomic E-state index is 12.4. The molecule has 0 bridgehead atoms. The first kappa shape index (κ1) is 15.9. The first-order valence-electron chi connectivity index (χ1n) is 6.81. The highest BCUT2D eigenvalue weighted by Crippen LogP contribution is 2.21. The van der Waals surface area contributed by atoms with Crippen LogP contribution < -0.4 is 10.1 Å². The first-order valence-corrected chi connectivity index (χ1v) is 6.81. The van der Waals surface area contributed by atoms with E-state index in [1.165, 1.54) is 24.3 Å². The maximum absolute atomic E-state index is 12.4. The Kier molecular flexibility index (Phi) is 4.75. The van der Waals surface area contributed by atoms with Gasteiger partial charge in [0.1, 0.15) is 5.75 Å². The van der Waals surface area contributed by atoms with E-state index in [0.29, 0.717) is 11.3 Å². The van der Waals surface area contributed by atoms with Gasteiger partial charge in [-0.15, -0.1) is 0 Å². The number of benzene rings is 2. The Morgan fingerprint density at radius 3 is 2.09 bits per heavy atom. The first-order chi connectivity index (χ1) is 10.4. The van der Waals surface area contributed by atoms with Crippen molar-refractivity contribution in [1.29, 1.82) is 0 Å². The summed E-state index contributed by atoms with van der Waals surface area (Å²) < 4.78 is 28.4. The lowest BCUT2D eigenvalue weighted by atomic mass is 9.99. The molecule has 2 aromatic rings. The van der Waals surface area contributed by atoms with Gasteiger partial charge in [-0.25, -0.2) is 0 Å². The molecule has 0 aliphatic carbocycles. The van der Waals surface area contributed by atoms with Gasteiger partial charge in [0.2, 0.25) is 0 Å². The minimum absolute atomic E-state index is 0.0516. The van der Waals surface area contributed by atoms with Crippen LogP contribution in [0.2, 0.25) is 0 Å².